The van der Waals surface area contributed by atoms with E-state index in [1.165, 1.54) is 12.0 Å². The molecule has 3 nitrogen and oxygen atoms in total. The molecule has 1 N–H and O–H groups in total. The van der Waals surface area contributed by atoms with Gasteiger partial charge in [-0.15, -0.1) is 0 Å². The molecule has 1 aromatic carbocycles. The van der Waals surface area contributed by atoms with Crippen LogP contribution in [0.3, 0.4) is 0 Å². The van der Waals surface area contributed by atoms with Crippen molar-refractivity contribution in [2.24, 2.45) is 0 Å². The first-order chi connectivity index (χ1) is 9.78. The first kappa shape index (κ1) is 15.3. The van der Waals surface area contributed by atoms with Gasteiger partial charge >= 0.3 is 0 Å². The summed E-state index contributed by atoms with van der Waals surface area (Å²) in [5.74, 6) is 0.981. The minimum absolute atomic E-state index is 0.319. The molecule has 1 aromatic rings. The quantitative estimate of drug-likeness (QED) is 0.830. The van der Waals surface area contributed by atoms with E-state index in [0.717, 1.165) is 44.8 Å². The maximum absolute atomic E-state index is 5.98. The highest BCUT2D eigenvalue weighted by molar-refractivity contribution is 5.28. The van der Waals surface area contributed by atoms with Crippen molar-refractivity contribution in [3.63, 3.8) is 0 Å². The van der Waals surface area contributed by atoms with Crippen LogP contribution in [0.4, 0.5) is 0 Å². The van der Waals surface area contributed by atoms with Crippen molar-refractivity contribution >= 4 is 0 Å². The number of hydrogen-bond donors (Lipinski definition) is 1. The Morgan fingerprint density at radius 2 is 1.95 bits per heavy atom. The predicted octanol–water partition coefficient (Wildman–Crippen LogP) is 3.18. The zero-order valence-corrected chi connectivity index (χ0v) is 12.7. The second-order valence-corrected chi connectivity index (χ2v) is 5.63. The van der Waals surface area contributed by atoms with Gasteiger partial charge in [0.2, 0.25) is 0 Å². The highest BCUT2D eigenvalue weighted by Crippen LogP contribution is 2.19. The third-order valence-electron chi connectivity index (χ3n) is 3.68. The zero-order valence-electron chi connectivity index (χ0n) is 12.7. The van der Waals surface area contributed by atoms with Crippen LogP contribution in [0.2, 0.25) is 0 Å². The minimum Gasteiger partial charge on any atom is -0.490 e. The molecular weight excluding hydrogens is 250 g/mol. The lowest BCUT2D eigenvalue weighted by Crippen LogP contribution is -2.28. The Balaban J connectivity index is 1.79. The topological polar surface area (TPSA) is 30.5 Å². The van der Waals surface area contributed by atoms with Gasteiger partial charge in [0.25, 0.3) is 0 Å². The summed E-state index contributed by atoms with van der Waals surface area (Å²) in [5.41, 5.74) is 1.36. The van der Waals surface area contributed by atoms with E-state index in [1.54, 1.807) is 0 Å². The molecule has 1 unspecified atom stereocenters. The Hall–Kier alpha value is -1.06. The van der Waals surface area contributed by atoms with Gasteiger partial charge in [-0.05, 0) is 44.0 Å². The Bertz CT molecular complexity index is 371. The molecule has 1 aliphatic heterocycles. The van der Waals surface area contributed by atoms with Crippen molar-refractivity contribution in [2.45, 2.75) is 51.7 Å². The number of nitrogens with one attached hydrogen (secondary N) is 1. The van der Waals surface area contributed by atoms with Gasteiger partial charge in [0.15, 0.2) is 0 Å². The summed E-state index contributed by atoms with van der Waals surface area (Å²) >= 11 is 0. The molecule has 0 aliphatic carbocycles. The summed E-state index contributed by atoms with van der Waals surface area (Å²) in [5, 5.41) is 3.52. The number of hydrogen-bond acceptors (Lipinski definition) is 3. The average molecular weight is 277 g/mol. The molecule has 112 valence electrons. The normalized spacial score (nSPS) is 17.9. The van der Waals surface area contributed by atoms with E-state index in [4.69, 9.17) is 9.47 Å². The Morgan fingerprint density at radius 1 is 1.25 bits per heavy atom. The van der Waals surface area contributed by atoms with Crippen LogP contribution in [-0.4, -0.2) is 31.9 Å². The summed E-state index contributed by atoms with van der Waals surface area (Å²) in [4.78, 5) is 0. The van der Waals surface area contributed by atoms with Crippen molar-refractivity contribution in [1.82, 2.24) is 5.32 Å². The fraction of sp³-hybridized carbons (Fsp3) is 0.647. The van der Waals surface area contributed by atoms with E-state index in [0.29, 0.717) is 12.1 Å². The average Bonchev–Trinajstić information content (AvgIpc) is 2.48. The van der Waals surface area contributed by atoms with Crippen LogP contribution in [-0.2, 0) is 11.2 Å². The molecular formula is C17H27NO2. The third kappa shape index (κ3) is 5.14. The van der Waals surface area contributed by atoms with Gasteiger partial charge in [-0.25, -0.2) is 0 Å². The smallest absolute Gasteiger partial charge is 0.119 e. The molecule has 0 spiro atoms. The van der Waals surface area contributed by atoms with E-state index >= 15 is 0 Å². The molecule has 1 saturated heterocycles. The van der Waals surface area contributed by atoms with Crippen LogP contribution in [0, 0.1) is 0 Å². The lowest BCUT2D eigenvalue weighted by atomic mass is 10.1. The van der Waals surface area contributed by atoms with Gasteiger partial charge in [0.05, 0.1) is 13.2 Å². The van der Waals surface area contributed by atoms with Crippen molar-refractivity contribution < 1.29 is 9.47 Å². The van der Waals surface area contributed by atoms with Crippen LogP contribution < -0.4 is 10.1 Å². The summed E-state index contributed by atoms with van der Waals surface area (Å²) in [6, 6.07) is 9.07. The van der Waals surface area contributed by atoms with Gasteiger partial charge in [-0.3, -0.25) is 0 Å². The molecule has 0 saturated carbocycles. The molecule has 0 amide bonds. The largest absolute Gasteiger partial charge is 0.490 e. The molecule has 0 aromatic heterocycles. The van der Waals surface area contributed by atoms with Crippen molar-refractivity contribution in [3.05, 3.63) is 29.8 Å². The molecule has 20 heavy (non-hydrogen) atoms. The Labute approximate surface area is 122 Å². The molecule has 0 bridgehead atoms. The molecule has 1 fully saturated rings. The van der Waals surface area contributed by atoms with Crippen LogP contribution in [0.15, 0.2) is 24.3 Å². The fourth-order valence-electron chi connectivity index (χ4n) is 2.51. The van der Waals surface area contributed by atoms with Gasteiger partial charge in [-0.2, -0.15) is 0 Å². The SMILES string of the molecule is CCCNC(C)Cc1ccc(OC2CCOCC2)cc1. The van der Waals surface area contributed by atoms with Crippen molar-refractivity contribution in [1.29, 1.82) is 0 Å². The maximum atomic E-state index is 5.98. The van der Waals surface area contributed by atoms with Gasteiger partial charge in [-0.1, -0.05) is 19.1 Å². The van der Waals surface area contributed by atoms with Crippen molar-refractivity contribution in [3.8, 4) is 5.75 Å². The standard InChI is InChI=1S/C17H27NO2/c1-3-10-18-14(2)13-15-4-6-16(7-5-15)20-17-8-11-19-12-9-17/h4-7,14,17-18H,3,8-13H2,1-2H3. The first-order valence-corrected chi connectivity index (χ1v) is 7.84. The summed E-state index contributed by atoms with van der Waals surface area (Å²) < 4.78 is 11.3. The molecule has 1 aliphatic rings. The molecule has 3 heteroatoms. The zero-order chi connectivity index (χ0) is 14.2. The van der Waals surface area contributed by atoms with E-state index in [1.807, 2.05) is 0 Å². The Morgan fingerprint density at radius 3 is 2.60 bits per heavy atom. The number of ether oxygens (including phenoxy) is 2. The predicted molar refractivity (Wildman–Crippen MR) is 82.4 cm³/mol. The lowest BCUT2D eigenvalue weighted by Gasteiger charge is -2.23. The van der Waals surface area contributed by atoms with Crippen LogP contribution in [0.25, 0.3) is 0 Å². The fourth-order valence-corrected chi connectivity index (χ4v) is 2.51. The minimum atomic E-state index is 0.319. The van der Waals surface area contributed by atoms with E-state index < -0.39 is 0 Å². The second kappa shape index (κ2) is 8.28. The number of benzene rings is 1. The lowest BCUT2D eigenvalue weighted by molar-refractivity contribution is 0.0255. The van der Waals surface area contributed by atoms with Crippen LogP contribution in [0.5, 0.6) is 5.75 Å². The summed E-state index contributed by atoms with van der Waals surface area (Å²) in [6.07, 6.45) is 4.57. The summed E-state index contributed by atoms with van der Waals surface area (Å²) in [6.45, 7) is 7.17. The molecule has 1 atom stereocenters. The molecule has 1 heterocycles. The highest BCUT2D eigenvalue weighted by Gasteiger charge is 2.15. The first-order valence-electron chi connectivity index (χ1n) is 7.84. The monoisotopic (exact) mass is 277 g/mol. The van der Waals surface area contributed by atoms with Crippen LogP contribution in [0.1, 0.15) is 38.7 Å². The van der Waals surface area contributed by atoms with E-state index in [2.05, 4.69) is 43.4 Å². The third-order valence-corrected chi connectivity index (χ3v) is 3.68. The molecule has 2 rings (SSSR count). The van der Waals surface area contributed by atoms with E-state index in [-0.39, 0.29) is 0 Å². The van der Waals surface area contributed by atoms with Gasteiger partial charge < -0.3 is 14.8 Å². The maximum Gasteiger partial charge on any atom is 0.119 e. The Kier molecular flexibility index (Phi) is 6.34. The van der Waals surface area contributed by atoms with Gasteiger partial charge in [0, 0.05) is 18.9 Å². The number of rotatable bonds is 7. The van der Waals surface area contributed by atoms with Crippen LogP contribution >= 0.6 is 0 Å². The second-order valence-electron chi connectivity index (χ2n) is 5.63. The van der Waals surface area contributed by atoms with Crippen molar-refractivity contribution in [2.75, 3.05) is 19.8 Å². The summed E-state index contributed by atoms with van der Waals surface area (Å²) in [7, 11) is 0. The molecule has 0 radical (unpaired) electrons. The van der Waals surface area contributed by atoms with E-state index in [9.17, 15) is 0 Å². The highest BCUT2D eigenvalue weighted by atomic mass is 16.5. The van der Waals surface area contributed by atoms with Gasteiger partial charge in [0.1, 0.15) is 11.9 Å².